The van der Waals surface area contributed by atoms with E-state index in [0.717, 1.165) is 16.9 Å². The number of ketones is 1. The lowest BCUT2D eigenvalue weighted by Gasteiger charge is -2.36. The number of carbonyl (C=O) groups is 1. The third-order valence-corrected chi connectivity index (χ3v) is 6.14. The van der Waals surface area contributed by atoms with Gasteiger partial charge in [-0.2, -0.15) is 0 Å². The lowest BCUT2D eigenvalue weighted by atomic mass is 9.76. The third kappa shape index (κ3) is 4.05. The highest BCUT2D eigenvalue weighted by Crippen LogP contribution is 2.54. The van der Waals surface area contributed by atoms with Gasteiger partial charge in [-0.05, 0) is 44.0 Å². The molecule has 7 heteroatoms. The molecular formula is C26H32O7. The minimum absolute atomic E-state index is 0.168. The molecule has 1 aliphatic carbocycles. The van der Waals surface area contributed by atoms with Crippen molar-refractivity contribution in [2.24, 2.45) is 5.92 Å². The van der Waals surface area contributed by atoms with Gasteiger partial charge in [-0.1, -0.05) is 13.8 Å². The predicted octanol–water partition coefficient (Wildman–Crippen LogP) is 5.12. The van der Waals surface area contributed by atoms with Crippen molar-refractivity contribution in [1.82, 2.24) is 0 Å². The van der Waals surface area contributed by atoms with Gasteiger partial charge in [0.2, 0.25) is 12.5 Å². The second kappa shape index (κ2) is 9.81. The lowest BCUT2D eigenvalue weighted by Crippen LogP contribution is -2.35. The predicted molar refractivity (Wildman–Crippen MR) is 123 cm³/mol. The summed E-state index contributed by atoms with van der Waals surface area (Å²) in [6.45, 7) is 9.00. The Morgan fingerprint density at radius 2 is 1.64 bits per heavy atom. The fraction of sp³-hybridized carbons (Fsp3) is 0.500. The van der Waals surface area contributed by atoms with Crippen molar-refractivity contribution in [2.45, 2.75) is 52.6 Å². The van der Waals surface area contributed by atoms with Crippen LogP contribution in [0.25, 0.3) is 0 Å². The average molecular weight is 457 g/mol. The van der Waals surface area contributed by atoms with Crippen molar-refractivity contribution in [3.05, 3.63) is 35.4 Å². The molecule has 0 amide bonds. The van der Waals surface area contributed by atoms with Crippen molar-refractivity contribution >= 4 is 5.78 Å². The third-order valence-electron chi connectivity index (χ3n) is 6.14. The zero-order valence-electron chi connectivity index (χ0n) is 19.9. The van der Waals surface area contributed by atoms with Gasteiger partial charge >= 0.3 is 0 Å². The zero-order valence-corrected chi connectivity index (χ0v) is 19.9. The summed E-state index contributed by atoms with van der Waals surface area (Å²) >= 11 is 0. The molecular weight excluding hydrogens is 424 g/mol. The normalized spacial score (nSPS) is 21.8. The molecule has 0 radical (unpaired) electrons. The molecule has 0 spiro atoms. The summed E-state index contributed by atoms with van der Waals surface area (Å²) < 4.78 is 34.8. The van der Waals surface area contributed by atoms with Gasteiger partial charge in [-0.15, -0.1) is 0 Å². The van der Waals surface area contributed by atoms with Crippen LogP contribution in [0.4, 0.5) is 0 Å². The van der Waals surface area contributed by atoms with Crippen LogP contribution in [0, 0.1) is 5.92 Å². The van der Waals surface area contributed by atoms with Crippen LogP contribution in [-0.2, 0) is 4.79 Å². The van der Waals surface area contributed by atoms with Crippen LogP contribution in [0.15, 0.2) is 24.3 Å². The molecule has 2 aromatic carbocycles. The summed E-state index contributed by atoms with van der Waals surface area (Å²) in [6.07, 6.45) is 1.05. The van der Waals surface area contributed by atoms with Crippen LogP contribution in [0.2, 0.25) is 0 Å². The largest absolute Gasteiger partial charge is 0.493 e. The summed E-state index contributed by atoms with van der Waals surface area (Å²) in [7, 11) is 1.61. The molecule has 0 N–H and O–H groups in total. The maximum Gasteiger partial charge on any atom is 0.231 e. The number of benzene rings is 2. The fourth-order valence-electron chi connectivity index (χ4n) is 4.88. The SMILES string of the molecule is CC.CCOc1cc(C2c3cc4c(cc3OC3CCC(=O)C32)OCO4)cc(OC)c1OCC. The second-order valence-electron chi connectivity index (χ2n) is 7.82. The minimum atomic E-state index is -0.273. The Hall–Kier alpha value is -3.09. The molecule has 7 nitrogen and oxygen atoms in total. The van der Waals surface area contributed by atoms with E-state index in [1.54, 1.807) is 7.11 Å². The van der Waals surface area contributed by atoms with Gasteiger partial charge in [0.1, 0.15) is 17.6 Å². The summed E-state index contributed by atoms with van der Waals surface area (Å²) in [5.74, 6) is 3.56. The van der Waals surface area contributed by atoms with Gasteiger partial charge in [-0.3, -0.25) is 4.79 Å². The van der Waals surface area contributed by atoms with Crippen LogP contribution >= 0.6 is 0 Å². The zero-order chi connectivity index (χ0) is 23.5. The highest BCUT2D eigenvalue weighted by Gasteiger charge is 2.48. The molecule has 1 saturated carbocycles. The van der Waals surface area contributed by atoms with Crippen molar-refractivity contribution in [3.63, 3.8) is 0 Å². The minimum Gasteiger partial charge on any atom is -0.493 e. The maximum absolute atomic E-state index is 12.9. The van der Waals surface area contributed by atoms with E-state index >= 15 is 0 Å². The molecule has 178 valence electrons. The first-order valence-corrected chi connectivity index (χ1v) is 11.7. The first kappa shape index (κ1) is 23.1. The Bertz CT molecular complexity index is 1020. The number of Topliss-reactive ketones (excluding diaryl/α,β-unsaturated/α-hetero) is 1. The summed E-state index contributed by atoms with van der Waals surface area (Å²) in [5.41, 5.74) is 1.84. The number of rotatable bonds is 6. The molecule has 33 heavy (non-hydrogen) atoms. The molecule has 0 saturated heterocycles. The average Bonchev–Trinajstić information content (AvgIpc) is 3.44. The van der Waals surface area contributed by atoms with Crippen molar-refractivity contribution < 1.29 is 33.2 Å². The number of hydrogen-bond donors (Lipinski definition) is 0. The molecule has 2 heterocycles. The second-order valence-corrected chi connectivity index (χ2v) is 7.82. The number of ether oxygens (including phenoxy) is 6. The first-order valence-electron chi connectivity index (χ1n) is 11.7. The van der Waals surface area contributed by atoms with E-state index in [1.165, 1.54) is 0 Å². The molecule has 5 rings (SSSR count). The molecule has 3 unspecified atom stereocenters. The first-order chi connectivity index (χ1) is 16.1. The van der Waals surface area contributed by atoms with Gasteiger partial charge in [0, 0.05) is 24.0 Å². The van der Waals surface area contributed by atoms with Crippen molar-refractivity contribution in [3.8, 4) is 34.5 Å². The van der Waals surface area contributed by atoms with Gasteiger partial charge in [0.15, 0.2) is 23.0 Å². The van der Waals surface area contributed by atoms with Crippen LogP contribution in [0.1, 0.15) is 57.6 Å². The summed E-state index contributed by atoms with van der Waals surface area (Å²) in [5, 5.41) is 0. The monoisotopic (exact) mass is 456 g/mol. The van der Waals surface area contributed by atoms with E-state index in [2.05, 4.69) is 0 Å². The summed E-state index contributed by atoms with van der Waals surface area (Å²) in [6, 6.07) is 7.72. The molecule has 3 aliphatic rings. The van der Waals surface area contributed by atoms with E-state index in [1.807, 2.05) is 52.0 Å². The Kier molecular flexibility index (Phi) is 6.86. The van der Waals surface area contributed by atoms with Crippen LogP contribution < -0.4 is 28.4 Å². The van der Waals surface area contributed by atoms with Crippen LogP contribution in [-0.4, -0.2) is 39.0 Å². The van der Waals surface area contributed by atoms with Gasteiger partial charge in [-0.25, -0.2) is 0 Å². The van der Waals surface area contributed by atoms with Gasteiger partial charge < -0.3 is 28.4 Å². The molecule has 1 fully saturated rings. The Morgan fingerprint density at radius 1 is 0.939 bits per heavy atom. The number of carbonyl (C=O) groups excluding carboxylic acids is 1. The summed E-state index contributed by atoms with van der Waals surface area (Å²) in [4.78, 5) is 12.9. The number of fused-ring (bicyclic) bond motifs is 3. The molecule has 2 aromatic rings. The fourth-order valence-corrected chi connectivity index (χ4v) is 4.88. The van der Waals surface area contributed by atoms with Gasteiger partial charge in [0.25, 0.3) is 0 Å². The van der Waals surface area contributed by atoms with E-state index < -0.39 is 0 Å². The Balaban J connectivity index is 0.00000126. The smallest absolute Gasteiger partial charge is 0.231 e. The lowest BCUT2D eigenvalue weighted by molar-refractivity contribution is -0.122. The van der Waals surface area contributed by atoms with Crippen molar-refractivity contribution in [2.75, 3.05) is 27.1 Å². The van der Waals surface area contributed by atoms with Crippen molar-refractivity contribution in [1.29, 1.82) is 0 Å². The highest BCUT2D eigenvalue weighted by molar-refractivity contribution is 5.86. The quantitative estimate of drug-likeness (QED) is 0.597. The molecule has 0 bridgehead atoms. The number of methoxy groups -OCH3 is 1. The Labute approximate surface area is 194 Å². The molecule has 2 aliphatic heterocycles. The van der Waals surface area contributed by atoms with E-state index in [9.17, 15) is 4.79 Å². The highest BCUT2D eigenvalue weighted by atomic mass is 16.7. The van der Waals surface area contributed by atoms with E-state index in [4.69, 9.17) is 28.4 Å². The molecule has 0 aromatic heterocycles. The van der Waals surface area contributed by atoms with E-state index in [-0.39, 0.29) is 30.5 Å². The van der Waals surface area contributed by atoms with Gasteiger partial charge in [0.05, 0.1) is 26.2 Å². The number of hydrogen-bond acceptors (Lipinski definition) is 7. The maximum atomic E-state index is 12.9. The van der Waals surface area contributed by atoms with Crippen LogP contribution in [0.5, 0.6) is 34.5 Å². The Morgan fingerprint density at radius 3 is 2.33 bits per heavy atom. The molecule has 3 atom stereocenters. The van der Waals surface area contributed by atoms with E-state index in [0.29, 0.717) is 54.8 Å². The standard InChI is InChI=1S/C24H26O7.C2H6/c1-4-27-21-9-13(8-20(26-3)24(21)28-5-2)22-14-10-18-19(30-12-29-18)11-17(14)31-16-7-6-15(25)23(16)22;1-2/h8-11,16,22-23H,4-7,12H2,1-3H3;1-2H3. The van der Waals surface area contributed by atoms with Crippen LogP contribution in [0.3, 0.4) is 0 Å². The topological polar surface area (TPSA) is 72.5 Å².